The van der Waals surface area contributed by atoms with E-state index in [0.717, 1.165) is 36.8 Å². The smallest absolute Gasteiger partial charge is 0.278 e. The fraction of sp³-hybridized carbons (Fsp3) is 0.526. The molecule has 1 aromatic carbocycles. The van der Waals surface area contributed by atoms with Gasteiger partial charge in [0.1, 0.15) is 11.6 Å². The van der Waals surface area contributed by atoms with Gasteiger partial charge in [-0.1, -0.05) is 36.6 Å². The quantitative estimate of drug-likeness (QED) is 0.793. The van der Waals surface area contributed by atoms with Crippen molar-refractivity contribution in [3.05, 3.63) is 34.6 Å². The Labute approximate surface area is 156 Å². The summed E-state index contributed by atoms with van der Waals surface area (Å²) in [6.45, 7) is 1.83. The number of aromatic nitrogens is 3. The molecule has 1 aromatic heterocycles. The van der Waals surface area contributed by atoms with Crippen molar-refractivity contribution < 1.29 is 14.7 Å². The van der Waals surface area contributed by atoms with Gasteiger partial charge in [-0.3, -0.25) is 9.59 Å². The van der Waals surface area contributed by atoms with E-state index in [1.54, 1.807) is 31.2 Å². The van der Waals surface area contributed by atoms with E-state index in [1.807, 2.05) is 0 Å². The number of benzene rings is 1. The molecule has 1 N–H and O–H groups in total. The van der Waals surface area contributed by atoms with E-state index in [4.69, 9.17) is 0 Å². The molecular formula is C19H23N4O4-. The van der Waals surface area contributed by atoms with Crippen molar-refractivity contribution in [2.24, 2.45) is 5.41 Å². The van der Waals surface area contributed by atoms with E-state index >= 15 is 0 Å². The second kappa shape index (κ2) is 7.85. The number of carboxylic acids is 1. The van der Waals surface area contributed by atoms with E-state index in [0.29, 0.717) is 10.9 Å². The number of amides is 1. The molecule has 0 unspecified atom stereocenters. The Bertz CT molecular complexity index is 902. The predicted molar refractivity (Wildman–Crippen MR) is 96.7 cm³/mol. The number of hydrogen-bond donors (Lipinski definition) is 1. The van der Waals surface area contributed by atoms with Crippen LogP contribution in [0.3, 0.4) is 0 Å². The van der Waals surface area contributed by atoms with Crippen molar-refractivity contribution in [1.82, 2.24) is 20.3 Å². The molecule has 8 nitrogen and oxygen atoms in total. The average molecular weight is 371 g/mol. The van der Waals surface area contributed by atoms with Gasteiger partial charge >= 0.3 is 0 Å². The summed E-state index contributed by atoms with van der Waals surface area (Å²) in [7, 11) is 0. The van der Waals surface area contributed by atoms with Gasteiger partial charge in [-0.2, -0.15) is 4.68 Å². The maximum atomic E-state index is 12.6. The summed E-state index contributed by atoms with van der Waals surface area (Å²) < 4.78 is 1.06. The van der Waals surface area contributed by atoms with Crippen molar-refractivity contribution in [3.8, 4) is 0 Å². The molecule has 2 aromatic rings. The van der Waals surface area contributed by atoms with Crippen molar-refractivity contribution in [2.45, 2.75) is 51.5 Å². The van der Waals surface area contributed by atoms with Gasteiger partial charge in [0, 0.05) is 12.5 Å². The van der Waals surface area contributed by atoms with E-state index in [9.17, 15) is 19.5 Å². The van der Waals surface area contributed by atoms with Crippen molar-refractivity contribution in [2.75, 3.05) is 6.54 Å². The number of carbonyl (C=O) groups excluding carboxylic acids is 2. The highest BCUT2D eigenvalue weighted by atomic mass is 16.4. The van der Waals surface area contributed by atoms with Gasteiger partial charge in [0.2, 0.25) is 5.91 Å². The van der Waals surface area contributed by atoms with Gasteiger partial charge < -0.3 is 15.2 Å². The zero-order chi connectivity index (χ0) is 19.4. The van der Waals surface area contributed by atoms with Crippen molar-refractivity contribution in [3.63, 3.8) is 0 Å². The molecule has 0 aliphatic heterocycles. The molecule has 0 bridgehead atoms. The third kappa shape index (κ3) is 4.15. The highest BCUT2D eigenvalue weighted by molar-refractivity contribution is 5.81. The Morgan fingerprint density at radius 3 is 2.67 bits per heavy atom. The number of carbonyl (C=O) groups is 2. The van der Waals surface area contributed by atoms with E-state index in [1.165, 1.54) is 0 Å². The third-order valence-corrected chi connectivity index (χ3v) is 5.41. The van der Waals surface area contributed by atoms with Crippen molar-refractivity contribution in [1.29, 1.82) is 0 Å². The minimum atomic E-state index is -1.10. The summed E-state index contributed by atoms with van der Waals surface area (Å²) in [5.41, 5.74) is -0.390. The number of aliphatic carboxylic acids is 1. The molecule has 27 heavy (non-hydrogen) atoms. The Balaban J connectivity index is 1.74. The molecule has 1 fully saturated rings. The van der Waals surface area contributed by atoms with Crippen LogP contribution in [0.1, 0.15) is 51.5 Å². The summed E-state index contributed by atoms with van der Waals surface area (Å²) >= 11 is 0. The molecule has 1 amide bonds. The lowest BCUT2D eigenvalue weighted by molar-refractivity contribution is -0.308. The average Bonchev–Trinajstić information content (AvgIpc) is 2.66. The van der Waals surface area contributed by atoms with Crippen molar-refractivity contribution >= 4 is 22.8 Å². The summed E-state index contributed by atoms with van der Waals surface area (Å²) in [5.74, 6) is -1.49. The summed E-state index contributed by atoms with van der Waals surface area (Å²) in [5, 5.41) is 22.2. The van der Waals surface area contributed by atoms with Crippen LogP contribution in [0.2, 0.25) is 0 Å². The lowest BCUT2D eigenvalue weighted by Crippen LogP contribution is -2.45. The maximum Gasteiger partial charge on any atom is 0.278 e. The molecule has 1 saturated carbocycles. The molecule has 0 saturated heterocycles. The zero-order valence-electron chi connectivity index (χ0n) is 15.3. The number of nitrogens with zero attached hydrogens (tertiary/aromatic N) is 3. The first kappa shape index (κ1) is 19.0. The van der Waals surface area contributed by atoms with Gasteiger partial charge in [0.05, 0.1) is 5.39 Å². The van der Waals surface area contributed by atoms with Gasteiger partial charge in [-0.25, -0.2) is 0 Å². The van der Waals surface area contributed by atoms with Gasteiger partial charge in [0.15, 0.2) is 0 Å². The lowest BCUT2D eigenvalue weighted by atomic mass is 9.71. The fourth-order valence-corrected chi connectivity index (χ4v) is 3.81. The SMILES string of the molecule is C[C@@H](C(=O)NCC1(CC(=O)[O-])CCCCC1)n1nnc2ccccc2c1=O. The van der Waals surface area contributed by atoms with Crippen LogP contribution in [-0.4, -0.2) is 33.4 Å². The van der Waals surface area contributed by atoms with Gasteiger partial charge in [-0.15, -0.1) is 5.10 Å². The largest absolute Gasteiger partial charge is 0.550 e. The second-order valence-electron chi connectivity index (χ2n) is 7.36. The number of carboxylic acid groups (broad SMARTS) is 1. The zero-order valence-corrected chi connectivity index (χ0v) is 15.3. The van der Waals surface area contributed by atoms with Crippen LogP contribution in [0, 0.1) is 5.41 Å². The topological polar surface area (TPSA) is 117 Å². The van der Waals surface area contributed by atoms with Crippen LogP contribution in [0.15, 0.2) is 29.1 Å². The number of rotatable bonds is 6. The highest BCUT2D eigenvalue weighted by Crippen LogP contribution is 2.38. The Morgan fingerprint density at radius 2 is 1.96 bits per heavy atom. The first-order chi connectivity index (χ1) is 12.9. The molecule has 3 rings (SSSR count). The molecule has 8 heteroatoms. The third-order valence-electron chi connectivity index (χ3n) is 5.41. The number of nitrogens with one attached hydrogen (secondary N) is 1. The van der Waals surface area contributed by atoms with Gasteiger partial charge in [0.25, 0.3) is 5.56 Å². The standard InChI is InChI=1S/C19H24N4O4/c1-13(23-18(27)14-7-3-4-8-15(14)21-22-23)17(26)20-12-19(11-16(24)25)9-5-2-6-10-19/h3-4,7-8,13H,2,5-6,9-12H2,1H3,(H,20,26)(H,24,25)/p-1/t13-/m0/s1. The molecule has 1 aliphatic rings. The fourth-order valence-electron chi connectivity index (χ4n) is 3.81. The molecular weight excluding hydrogens is 348 g/mol. The Hall–Kier alpha value is -2.77. The minimum Gasteiger partial charge on any atom is -0.550 e. The normalized spacial score (nSPS) is 17.4. The molecule has 1 heterocycles. The molecule has 0 radical (unpaired) electrons. The summed E-state index contributed by atoms with van der Waals surface area (Å²) in [4.78, 5) is 36.3. The molecule has 1 atom stereocenters. The second-order valence-corrected chi connectivity index (χ2v) is 7.36. The summed E-state index contributed by atoms with van der Waals surface area (Å²) in [6, 6.07) is 5.97. The highest BCUT2D eigenvalue weighted by Gasteiger charge is 2.33. The van der Waals surface area contributed by atoms with Crippen LogP contribution < -0.4 is 16.0 Å². The van der Waals surface area contributed by atoms with E-state index in [2.05, 4.69) is 15.6 Å². The van der Waals surface area contributed by atoms with Crippen LogP contribution in [0.5, 0.6) is 0 Å². The van der Waals surface area contributed by atoms with Crippen LogP contribution in [-0.2, 0) is 9.59 Å². The first-order valence-electron chi connectivity index (χ1n) is 9.24. The molecule has 1 aliphatic carbocycles. The predicted octanol–water partition coefficient (Wildman–Crippen LogP) is 0.559. The molecule has 144 valence electrons. The lowest BCUT2D eigenvalue weighted by Gasteiger charge is -2.38. The minimum absolute atomic E-state index is 0.0720. The Morgan fingerprint density at radius 1 is 1.26 bits per heavy atom. The van der Waals surface area contributed by atoms with Crippen LogP contribution in [0.4, 0.5) is 0 Å². The van der Waals surface area contributed by atoms with Crippen LogP contribution in [0.25, 0.3) is 10.9 Å². The monoisotopic (exact) mass is 371 g/mol. The number of hydrogen-bond acceptors (Lipinski definition) is 6. The molecule has 0 spiro atoms. The van der Waals surface area contributed by atoms with E-state index in [-0.39, 0.29) is 24.4 Å². The van der Waals surface area contributed by atoms with Gasteiger partial charge in [-0.05, 0) is 43.7 Å². The van der Waals surface area contributed by atoms with Crippen LogP contribution >= 0.6 is 0 Å². The first-order valence-corrected chi connectivity index (χ1v) is 9.24. The Kier molecular flexibility index (Phi) is 5.53. The van der Waals surface area contributed by atoms with E-state index < -0.39 is 17.4 Å². The summed E-state index contributed by atoms with van der Waals surface area (Å²) in [6.07, 6.45) is 4.36. The maximum absolute atomic E-state index is 12.6. The number of fused-ring (bicyclic) bond motifs is 1.